The maximum absolute atomic E-state index is 12.2. The molecule has 3 aromatic rings. The topological polar surface area (TPSA) is 124 Å². The van der Waals surface area contributed by atoms with Crippen molar-refractivity contribution in [2.45, 2.75) is 39.7 Å². The molecule has 0 bridgehead atoms. The Hall–Kier alpha value is -3.49. The van der Waals surface area contributed by atoms with Gasteiger partial charge < -0.3 is 15.8 Å². The molecule has 1 amide bonds. The van der Waals surface area contributed by atoms with E-state index in [1.54, 1.807) is 23.6 Å². The summed E-state index contributed by atoms with van der Waals surface area (Å²) in [6.45, 7) is 5.25. The van der Waals surface area contributed by atoms with Gasteiger partial charge in [-0.15, -0.1) is 5.10 Å². The highest BCUT2D eigenvalue weighted by Gasteiger charge is 2.19. The first-order valence-corrected chi connectivity index (χ1v) is 8.89. The number of nitrogens with zero attached hydrogens (tertiary/aromatic N) is 4. The van der Waals surface area contributed by atoms with Gasteiger partial charge in [-0.05, 0) is 44.9 Å². The Kier molecular flexibility index (Phi) is 5.53. The van der Waals surface area contributed by atoms with Gasteiger partial charge in [0, 0.05) is 23.5 Å². The third kappa shape index (κ3) is 4.25. The number of fused-ring (bicyclic) bond motifs is 1. The van der Waals surface area contributed by atoms with Gasteiger partial charge in [-0.1, -0.05) is 18.2 Å². The van der Waals surface area contributed by atoms with Crippen LogP contribution in [0.1, 0.15) is 30.3 Å². The number of nitrogens with one attached hydrogen (secondary N) is 1. The van der Waals surface area contributed by atoms with Crippen LogP contribution in [0, 0.1) is 13.8 Å². The molecule has 0 fully saturated rings. The zero-order valence-electron chi connectivity index (χ0n) is 16.0. The molecule has 0 aliphatic carbocycles. The average molecular weight is 382 g/mol. The lowest BCUT2D eigenvalue weighted by Gasteiger charge is -2.14. The Morgan fingerprint density at radius 3 is 2.64 bits per heavy atom. The number of anilines is 2. The Morgan fingerprint density at radius 2 is 1.93 bits per heavy atom. The van der Waals surface area contributed by atoms with Gasteiger partial charge in [-0.2, -0.15) is 9.50 Å². The van der Waals surface area contributed by atoms with Crippen molar-refractivity contribution < 1.29 is 14.3 Å². The van der Waals surface area contributed by atoms with Crippen LogP contribution in [0.25, 0.3) is 5.78 Å². The fraction of sp³-hybridized carbons (Fsp3) is 0.316. The Morgan fingerprint density at radius 1 is 1.21 bits per heavy atom. The minimum atomic E-state index is -0.898. The van der Waals surface area contributed by atoms with Crippen molar-refractivity contribution in [3.8, 4) is 0 Å². The molecule has 146 valence electrons. The second kappa shape index (κ2) is 8.03. The van der Waals surface area contributed by atoms with Gasteiger partial charge in [0.1, 0.15) is 0 Å². The molecule has 0 aliphatic heterocycles. The molecule has 28 heavy (non-hydrogen) atoms. The highest BCUT2D eigenvalue weighted by molar-refractivity contribution is 5.95. The first kappa shape index (κ1) is 19.3. The summed E-state index contributed by atoms with van der Waals surface area (Å²) in [5.74, 6) is -0.282. The van der Waals surface area contributed by atoms with E-state index in [1.807, 2.05) is 32.0 Å². The predicted molar refractivity (Wildman–Crippen MR) is 104 cm³/mol. The summed E-state index contributed by atoms with van der Waals surface area (Å²) in [5.41, 5.74) is 8.71. The first-order chi connectivity index (χ1) is 13.3. The third-order valence-electron chi connectivity index (χ3n) is 4.36. The summed E-state index contributed by atoms with van der Waals surface area (Å²) in [6.07, 6.45) is -0.376. The summed E-state index contributed by atoms with van der Waals surface area (Å²) in [6, 6.07) is 8.99. The summed E-state index contributed by atoms with van der Waals surface area (Å²) in [4.78, 5) is 32.8. The molecule has 9 nitrogen and oxygen atoms in total. The number of esters is 1. The molecule has 1 aromatic carbocycles. The zero-order valence-corrected chi connectivity index (χ0v) is 16.0. The predicted octanol–water partition coefficient (Wildman–Crippen LogP) is 1.83. The van der Waals surface area contributed by atoms with Crippen molar-refractivity contribution in [1.29, 1.82) is 0 Å². The quantitative estimate of drug-likeness (QED) is 0.623. The lowest BCUT2D eigenvalue weighted by molar-refractivity contribution is -0.153. The Labute approximate surface area is 161 Å². The largest absolute Gasteiger partial charge is 0.453 e. The van der Waals surface area contributed by atoms with Gasteiger partial charge in [-0.25, -0.2) is 4.98 Å². The number of aromatic nitrogens is 4. The molecule has 2 heterocycles. The number of hydrogen-bond donors (Lipinski definition) is 2. The normalized spacial score (nSPS) is 12.0. The number of carbonyl (C=O) groups excluding carboxylic acids is 2. The van der Waals surface area contributed by atoms with Gasteiger partial charge in [0.2, 0.25) is 5.95 Å². The van der Waals surface area contributed by atoms with E-state index in [0.29, 0.717) is 17.9 Å². The number of nitrogens with two attached hydrogens (primary N) is 1. The van der Waals surface area contributed by atoms with Crippen LogP contribution in [-0.2, 0) is 20.7 Å². The average Bonchev–Trinajstić information content (AvgIpc) is 3.02. The molecule has 0 saturated heterocycles. The number of amides is 1. The van der Waals surface area contributed by atoms with Crippen molar-refractivity contribution in [2.24, 2.45) is 0 Å². The summed E-state index contributed by atoms with van der Waals surface area (Å²) in [7, 11) is 0. The molecule has 2 aromatic heterocycles. The van der Waals surface area contributed by atoms with Gasteiger partial charge >= 0.3 is 5.97 Å². The molecule has 3 N–H and O–H groups in total. The number of benzene rings is 1. The van der Waals surface area contributed by atoms with E-state index in [9.17, 15) is 9.59 Å². The SMILES string of the molecule is Cc1nc2nc(N)nn2c(C)c1CCC(=O)O[C@H](C)C(=O)Nc1ccccc1. The fourth-order valence-electron chi connectivity index (χ4n) is 2.89. The molecule has 3 rings (SSSR count). The maximum Gasteiger partial charge on any atom is 0.306 e. The van der Waals surface area contributed by atoms with E-state index in [4.69, 9.17) is 10.5 Å². The van der Waals surface area contributed by atoms with Crippen LogP contribution < -0.4 is 11.1 Å². The minimum absolute atomic E-state index is 0.113. The molecule has 9 heteroatoms. The molecule has 0 spiro atoms. The van der Waals surface area contributed by atoms with Crippen LogP contribution in [0.5, 0.6) is 0 Å². The molecule has 1 atom stereocenters. The van der Waals surface area contributed by atoms with E-state index >= 15 is 0 Å². The molecular weight excluding hydrogens is 360 g/mol. The Bertz CT molecular complexity index is 1020. The van der Waals surface area contributed by atoms with Crippen LogP contribution in [0.4, 0.5) is 11.6 Å². The van der Waals surface area contributed by atoms with Crippen LogP contribution in [0.2, 0.25) is 0 Å². The monoisotopic (exact) mass is 382 g/mol. The van der Waals surface area contributed by atoms with Gasteiger partial charge in [-0.3, -0.25) is 9.59 Å². The van der Waals surface area contributed by atoms with Crippen molar-refractivity contribution in [3.63, 3.8) is 0 Å². The number of para-hydroxylation sites is 1. The summed E-state index contributed by atoms with van der Waals surface area (Å²) < 4.78 is 6.81. The molecule has 0 radical (unpaired) electrons. The van der Waals surface area contributed by atoms with Crippen LogP contribution in [0.3, 0.4) is 0 Å². The molecule has 0 unspecified atom stereocenters. The number of rotatable bonds is 6. The summed E-state index contributed by atoms with van der Waals surface area (Å²) >= 11 is 0. The lowest BCUT2D eigenvalue weighted by Crippen LogP contribution is -2.30. The van der Waals surface area contributed by atoms with Crippen molar-refractivity contribution in [3.05, 3.63) is 47.3 Å². The van der Waals surface area contributed by atoms with Crippen molar-refractivity contribution in [2.75, 3.05) is 11.1 Å². The molecule has 0 aliphatic rings. The van der Waals surface area contributed by atoms with E-state index in [-0.39, 0.29) is 18.3 Å². The third-order valence-corrected chi connectivity index (χ3v) is 4.36. The second-order valence-corrected chi connectivity index (χ2v) is 6.43. The fourth-order valence-corrected chi connectivity index (χ4v) is 2.89. The van der Waals surface area contributed by atoms with Gasteiger partial charge in [0.15, 0.2) is 6.10 Å². The van der Waals surface area contributed by atoms with Gasteiger partial charge in [0.05, 0.1) is 0 Å². The van der Waals surface area contributed by atoms with E-state index in [1.165, 1.54) is 0 Å². The van der Waals surface area contributed by atoms with E-state index < -0.39 is 12.1 Å². The smallest absolute Gasteiger partial charge is 0.306 e. The van der Waals surface area contributed by atoms with Crippen LogP contribution >= 0.6 is 0 Å². The van der Waals surface area contributed by atoms with E-state index in [0.717, 1.165) is 17.0 Å². The van der Waals surface area contributed by atoms with E-state index in [2.05, 4.69) is 20.4 Å². The van der Waals surface area contributed by atoms with Crippen molar-refractivity contribution in [1.82, 2.24) is 19.6 Å². The standard InChI is InChI=1S/C19H22N6O3/c1-11-15(12(2)25-19(21-11)23-18(20)24-25)9-10-16(26)28-13(3)17(27)22-14-7-5-4-6-8-14/h4-8,13H,9-10H2,1-3H3,(H2,20,24)(H,22,27)/t13-/m1/s1. The minimum Gasteiger partial charge on any atom is -0.453 e. The van der Waals surface area contributed by atoms with Crippen molar-refractivity contribution >= 4 is 29.3 Å². The zero-order chi connectivity index (χ0) is 20.3. The number of hydrogen-bond acceptors (Lipinski definition) is 7. The number of nitrogen functional groups attached to an aromatic ring is 1. The molecule has 0 saturated carbocycles. The summed E-state index contributed by atoms with van der Waals surface area (Å²) in [5, 5.41) is 6.81. The van der Waals surface area contributed by atoms with Gasteiger partial charge in [0.25, 0.3) is 11.7 Å². The molecular formula is C19H22N6O3. The van der Waals surface area contributed by atoms with Crippen LogP contribution in [0.15, 0.2) is 30.3 Å². The first-order valence-electron chi connectivity index (χ1n) is 8.89. The number of carbonyl (C=O) groups is 2. The lowest BCUT2D eigenvalue weighted by atomic mass is 10.1. The van der Waals surface area contributed by atoms with Crippen LogP contribution in [-0.4, -0.2) is 37.6 Å². The highest BCUT2D eigenvalue weighted by Crippen LogP contribution is 2.16. The maximum atomic E-state index is 12.2. The second-order valence-electron chi connectivity index (χ2n) is 6.43. The Balaban J connectivity index is 1.59. The number of ether oxygens (including phenoxy) is 1. The highest BCUT2D eigenvalue weighted by atomic mass is 16.5. The number of aryl methyl sites for hydroxylation is 2.